The second-order valence-electron chi connectivity index (χ2n) is 4.75. The highest BCUT2D eigenvalue weighted by molar-refractivity contribution is 14.0. The normalized spacial score (nSPS) is 10.5. The average Bonchev–Trinajstić information content (AvgIpc) is 2.62. The lowest BCUT2D eigenvalue weighted by molar-refractivity contribution is 0.351. The van der Waals surface area contributed by atoms with Gasteiger partial charge in [-0.1, -0.05) is 18.2 Å². The summed E-state index contributed by atoms with van der Waals surface area (Å²) in [6.07, 6.45) is 1.77. The SMILES string of the molecule is CN=C(NCc1ccccn1)NCc1cccc(OC)c1OC.I. The molecule has 130 valence electrons. The number of hydrogen-bond donors (Lipinski definition) is 2. The van der Waals surface area contributed by atoms with Gasteiger partial charge in [0.2, 0.25) is 0 Å². The summed E-state index contributed by atoms with van der Waals surface area (Å²) in [5.74, 6) is 2.13. The molecule has 6 nitrogen and oxygen atoms in total. The van der Waals surface area contributed by atoms with E-state index >= 15 is 0 Å². The number of aromatic nitrogens is 1. The van der Waals surface area contributed by atoms with E-state index in [1.54, 1.807) is 27.5 Å². The van der Waals surface area contributed by atoms with Crippen molar-refractivity contribution >= 4 is 29.9 Å². The molecule has 0 aliphatic carbocycles. The number of benzene rings is 1. The first-order valence-electron chi connectivity index (χ1n) is 7.32. The van der Waals surface area contributed by atoms with Crippen LogP contribution in [-0.4, -0.2) is 32.2 Å². The van der Waals surface area contributed by atoms with E-state index in [9.17, 15) is 0 Å². The number of methoxy groups -OCH3 is 2. The Bertz CT molecular complexity index is 650. The molecule has 0 saturated heterocycles. The summed E-state index contributed by atoms with van der Waals surface area (Å²) in [4.78, 5) is 8.48. The minimum absolute atomic E-state index is 0. The Morgan fingerprint density at radius 3 is 2.46 bits per heavy atom. The van der Waals surface area contributed by atoms with E-state index in [-0.39, 0.29) is 24.0 Å². The van der Waals surface area contributed by atoms with Crippen molar-refractivity contribution in [3.8, 4) is 11.5 Å². The first-order chi connectivity index (χ1) is 11.3. The summed E-state index contributed by atoms with van der Waals surface area (Å²) < 4.78 is 10.7. The molecule has 1 heterocycles. The number of pyridine rings is 1. The maximum atomic E-state index is 5.43. The Morgan fingerprint density at radius 2 is 1.83 bits per heavy atom. The molecule has 1 aromatic heterocycles. The van der Waals surface area contributed by atoms with Gasteiger partial charge in [-0.05, 0) is 18.2 Å². The van der Waals surface area contributed by atoms with E-state index in [1.165, 1.54) is 0 Å². The highest BCUT2D eigenvalue weighted by atomic mass is 127. The lowest BCUT2D eigenvalue weighted by Gasteiger charge is -2.15. The molecule has 0 amide bonds. The second-order valence-corrected chi connectivity index (χ2v) is 4.75. The fourth-order valence-electron chi connectivity index (χ4n) is 2.17. The smallest absolute Gasteiger partial charge is 0.191 e. The summed E-state index contributed by atoms with van der Waals surface area (Å²) in [5, 5.41) is 6.48. The summed E-state index contributed by atoms with van der Waals surface area (Å²) in [6.45, 7) is 1.18. The molecular weight excluding hydrogens is 419 g/mol. The number of halogens is 1. The summed E-state index contributed by atoms with van der Waals surface area (Å²) >= 11 is 0. The van der Waals surface area contributed by atoms with Crippen LogP contribution in [0.4, 0.5) is 0 Å². The predicted octanol–water partition coefficient (Wildman–Crippen LogP) is 2.58. The van der Waals surface area contributed by atoms with Crippen molar-refractivity contribution in [1.29, 1.82) is 0 Å². The highest BCUT2D eigenvalue weighted by Gasteiger charge is 2.09. The molecule has 0 aliphatic heterocycles. The van der Waals surface area contributed by atoms with E-state index in [0.717, 1.165) is 17.0 Å². The molecule has 7 heteroatoms. The molecule has 2 aromatic rings. The number of nitrogens with one attached hydrogen (secondary N) is 2. The maximum Gasteiger partial charge on any atom is 0.191 e. The van der Waals surface area contributed by atoms with Crippen LogP contribution in [0.2, 0.25) is 0 Å². The van der Waals surface area contributed by atoms with Gasteiger partial charge in [0, 0.05) is 25.4 Å². The molecule has 24 heavy (non-hydrogen) atoms. The Morgan fingerprint density at radius 1 is 1.04 bits per heavy atom. The summed E-state index contributed by atoms with van der Waals surface area (Å²) in [6, 6.07) is 11.6. The molecule has 2 rings (SSSR count). The molecule has 0 atom stereocenters. The fourth-order valence-corrected chi connectivity index (χ4v) is 2.17. The van der Waals surface area contributed by atoms with Crippen LogP contribution in [0.25, 0.3) is 0 Å². The zero-order valence-electron chi connectivity index (χ0n) is 14.1. The van der Waals surface area contributed by atoms with Crippen LogP contribution in [0.1, 0.15) is 11.3 Å². The average molecular weight is 442 g/mol. The minimum atomic E-state index is 0. The van der Waals surface area contributed by atoms with Crippen molar-refractivity contribution < 1.29 is 9.47 Å². The number of hydrogen-bond acceptors (Lipinski definition) is 4. The van der Waals surface area contributed by atoms with E-state index in [4.69, 9.17) is 9.47 Å². The Balaban J connectivity index is 0.00000288. The third-order valence-corrected chi connectivity index (χ3v) is 3.32. The number of aliphatic imine (C=N–C) groups is 1. The van der Waals surface area contributed by atoms with Crippen molar-refractivity contribution in [2.24, 2.45) is 4.99 Å². The van der Waals surface area contributed by atoms with Crippen molar-refractivity contribution in [3.05, 3.63) is 53.9 Å². The minimum Gasteiger partial charge on any atom is -0.493 e. The van der Waals surface area contributed by atoms with Crippen molar-refractivity contribution in [2.75, 3.05) is 21.3 Å². The van der Waals surface area contributed by atoms with Gasteiger partial charge in [0.05, 0.1) is 26.5 Å². The van der Waals surface area contributed by atoms with Gasteiger partial charge in [0.1, 0.15) is 0 Å². The largest absolute Gasteiger partial charge is 0.493 e. The lowest BCUT2D eigenvalue weighted by Crippen LogP contribution is -2.36. The molecule has 0 fully saturated rings. The van der Waals surface area contributed by atoms with Crippen molar-refractivity contribution in [2.45, 2.75) is 13.1 Å². The maximum absolute atomic E-state index is 5.43. The van der Waals surface area contributed by atoms with Gasteiger partial charge in [0.25, 0.3) is 0 Å². The van der Waals surface area contributed by atoms with Crippen molar-refractivity contribution in [3.63, 3.8) is 0 Å². The van der Waals surface area contributed by atoms with Gasteiger partial charge in [-0.2, -0.15) is 0 Å². The van der Waals surface area contributed by atoms with Crippen LogP contribution in [0, 0.1) is 0 Å². The molecular formula is C17H23IN4O2. The van der Waals surface area contributed by atoms with Gasteiger partial charge < -0.3 is 20.1 Å². The first kappa shape index (κ1) is 20.0. The van der Waals surface area contributed by atoms with E-state index in [2.05, 4.69) is 20.6 Å². The third kappa shape index (κ3) is 5.55. The van der Waals surface area contributed by atoms with Gasteiger partial charge in [-0.25, -0.2) is 0 Å². The van der Waals surface area contributed by atoms with E-state index in [1.807, 2.05) is 36.4 Å². The molecule has 0 aliphatic rings. The molecule has 0 unspecified atom stereocenters. The molecule has 0 bridgehead atoms. The van der Waals surface area contributed by atoms with Crippen LogP contribution >= 0.6 is 24.0 Å². The quantitative estimate of drug-likeness (QED) is 0.409. The highest BCUT2D eigenvalue weighted by Crippen LogP contribution is 2.30. The second kappa shape index (κ2) is 10.7. The van der Waals surface area contributed by atoms with Crippen LogP contribution in [0.5, 0.6) is 11.5 Å². The molecule has 0 saturated carbocycles. The Kier molecular flexibility index (Phi) is 8.92. The lowest BCUT2D eigenvalue weighted by atomic mass is 10.2. The van der Waals surface area contributed by atoms with Gasteiger partial charge in [-0.15, -0.1) is 24.0 Å². The first-order valence-corrected chi connectivity index (χ1v) is 7.32. The molecule has 2 N–H and O–H groups in total. The van der Waals surface area contributed by atoms with Crippen LogP contribution in [0.3, 0.4) is 0 Å². The van der Waals surface area contributed by atoms with Gasteiger partial charge in [-0.3, -0.25) is 9.98 Å². The van der Waals surface area contributed by atoms with Crippen LogP contribution in [0.15, 0.2) is 47.6 Å². The standard InChI is InChI=1S/C17H22N4O2.HI/c1-18-17(21-12-14-8-4-5-10-19-14)20-11-13-7-6-9-15(22-2)16(13)23-3;/h4-10H,11-12H2,1-3H3,(H2,18,20,21);1H. The van der Waals surface area contributed by atoms with E-state index in [0.29, 0.717) is 24.8 Å². The zero-order chi connectivity index (χ0) is 16.5. The Hall–Kier alpha value is -2.03. The van der Waals surface area contributed by atoms with Crippen molar-refractivity contribution in [1.82, 2.24) is 15.6 Å². The predicted molar refractivity (Wildman–Crippen MR) is 106 cm³/mol. The molecule has 1 aromatic carbocycles. The van der Waals surface area contributed by atoms with Gasteiger partial charge >= 0.3 is 0 Å². The summed E-state index contributed by atoms with van der Waals surface area (Å²) in [5.41, 5.74) is 1.95. The number of rotatable bonds is 6. The number of nitrogens with zero attached hydrogens (tertiary/aromatic N) is 2. The monoisotopic (exact) mass is 442 g/mol. The Labute approximate surface area is 159 Å². The molecule has 0 radical (unpaired) electrons. The van der Waals surface area contributed by atoms with Gasteiger partial charge in [0.15, 0.2) is 17.5 Å². The van der Waals surface area contributed by atoms with E-state index < -0.39 is 0 Å². The third-order valence-electron chi connectivity index (χ3n) is 3.32. The van der Waals surface area contributed by atoms with Crippen LogP contribution < -0.4 is 20.1 Å². The number of para-hydroxylation sites is 1. The number of guanidine groups is 1. The van der Waals surface area contributed by atoms with Crippen LogP contribution in [-0.2, 0) is 13.1 Å². The summed E-state index contributed by atoms with van der Waals surface area (Å²) in [7, 11) is 4.99. The molecule has 0 spiro atoms. The zero-order valence-corrected chi connectivity index (χ0v) is 16.4. The fraction of sp³-hybridized carbons (Fsp3) is 0.294. The number of ether oxygens (including phenoxy) is 2. The topological polar surface area (TPSA) is 67.8 Å².